The fourth-order valence-corrected chi connectivity index (χ4v) is 3.82. The Morgan fingerprint density at radius 1 is 1.24 bits per heavy atom. The van der Waals surface area contributed by atoms with Crippen LogP contribution in [0.3, 0.4) is 0 Å². The molecule has 2 aromatic heterocycles. The van der Waals surface area contributed by atoms with Gasteiger partial charge < -0.3 is 19.8 Å². The minimum atomic E-state index is 0. The van der Waals surface area contributed by atoms with Gasteiger partial charge in [-0.2, -0.15) is 5.10 Å². The highest BCUT2D eigenvalue weighted by Crippen LogP contribution is 2.28. The number of aromatic amines is 1. The third-order valence-corrected chi connectivity index (χ3v) is 5.50. The zero-order valence-electron chi connectivity index (χ0n) is 19.3. The molecule has 0 atom stereocenters. The van der Waals surface area contributed by atoms with Gasteiger partial charge in [0, 0.05) is 25.1 Å². The summed E-state index contributed by atoms with van der Waals surface area (Å²) >= 11 is 0. The molecule has 0 unspecified atom stereocenters. The van der Waals surface area contributed by atoms with E-state index in [9.17, 15) is 0 Å². The predicted octanol–water partition coefficient (Wildman–Crippen LogP) is 4.61. The summed E-state index contributed by atoms with van der Waals surface area (Å²) in [6.45, 7) is 6.18. The molecule has 0 aliphatic heterocycles. The fourth-order valence-electron chi connectivity index (χ4n) is 3.82. The minimum absolute atomic E-state index is 0. The molecule has 3 N–H and O–H groups in total. The van der Waals surface area contributed by atoms with Crippen LogP contribution in [-0.2, 0) is 13.0 Å². The number of furan rings is 1. The number of benzene rings is 1. The van der Waals surface area contributed by atoms with Gasteiger partial charge in [0.2, 0.25) is 5.82 Å². The number of ether oxygens (including phenoxy) is 1. The van der Waals surface area contributed by atoms with E-state index in [0.717, 1.165) is 42.5 Å². The number of halogens is 1. The average molecular weight is 564 g/mol. The van der Waals surface area contributed by atoms with E-state index in [0.29, 0.717) is 37.2 Å². The molecular weight excluding hydrogens is 531 g/mol. The first-order valence-corrected chi connectivity index (χ1v) is 11.4. The number of aliphatic imine (C=N–C) groups is 1. The second kappa shape index (κ2) is 12.6. The molecule has 1 aromatic carbocycles. The standard InChI is InChI=1S/C24H32N6O2.HI/c1-3-25-24(26-13-12-22-28-23(30-29-22)20-9-6-14-31-20)27-16-18-11-10-17(2)15-21(18)32-19-7-4-5-8-19;/h6,9-11,14-15,19H,3-5,7-8,12-13,16H2,1-2H3,(H2,25,26,27)(H,28,29,30);1H. The van der Waals surface area contributed by atoms with Crippen LogP contribution < -0.4 is 15.4 Å². The summed E-state index contributed by atoms with van der Waals surface area (Å²) < 4.78 is 11.7. The van der Waals surface area contributed by atoms with Gasteiger partial charge in [0.1, 0.15) is 11.6 Å². The van der Waals surface area contributed by atoms with E-state index in [1.807, 2.05) is 12.1 Å². The van der Waals surface area contributed by atoms with Crippen LogP contribution in [-0.4, -0.2) is 40.3 Å². The molecule has 0 radical (unpaired) electrons. The molecule has 1 saturated carbocycles. The Labute approximate surface area is 212 Å². The average Bonchev–Trinajstić information content (AvgIpc) is 3.55. The number of nitrogens with zero attached hydrogens (tertiary/aromatic N) is 3. The molecule has 1 aliphatic rings. The van der Waals surface area contributed by atoms with Gasteiger partial charge in [-0.05, 0) is 63.3 Å². The summed E-state index contributed by atoms with van der Waals surface area (Å²) in [5.41, 5.74) is 2.31. The number of aromatic nitrogens is 3. The van der Waals surface area contributed by atoms with Crippen molar-refractivity contribution in [3.05, 3.63) is 53.5 Å². The van der Waals surface area contributed by atoms with Crippen molar-refractivity contribution in [3.8, 4) is 17.3 Å². The van der Waals surface area contributed by atoms with Crippen molar-refractivity contribution < 1.29 is 9.15 Å². The normalized spacial score (nSPS) is 14.2. The summed E-state index contributed by atoms with van der Waals surface area (Å²) in [6.07, 6.45) is 7.44. The minimum Gasteiger partial charge on any atom is -0.490 e. The van der Waals surface area contributed by atoms with Crippen molar-refractivity contribution in [2.24, 2.45) is 4.99 Å². The van der Waals surface area contributed by atoms with Crippen molar-refractivity contribution in [2.45, 2.75) is 58.6 Å². The van der Waals surface area contributed by atoms with Gasteiger partial charge in [0.15, 0.2) is 11.7 Å². The van der Waals surface area contributed by atoms with E-state index in [2.05, 4.69) is 57.9 Å². The predicted molar refractivity (Wildman–Crippen MR) is 140 cm³/mol. The molecular formula is C24H33IN6O2. The van der Waals surface area contributed by atoms with Gasteiger partial charge in [-0.15, -0.1) is 24.0 Å². The molecule has 0 bridgehead atoms. The van der Waals surface area contributed by atoms with Crippen LogP contribution in [0.4, 0.5) is 0 Å². The molecule has 2 heterocycles. The van der Waals surface area contributed by atoms with Crippen LogP contribution in [0, 0.1) is 6.92 Å². The molecule has 1 fully saturated rings. The first kappa shape index (κ1) is 25.1. The maximum Gasteiger partial charge on any atom is 0.216 e. The molecule has 0 amide bonds. The smallest absolute Gasteiger partial charge is 0.216 e. The van der Waals surface area contributed by atoms with Gasteiger partial charge in [0.05, 0.1) is 18.9 Å². The lowest BCUT2D eigenvalue weighted by molar-refractivity contribution is 0.208. The number of hydrogen-bond donors (Lipinski definition) is 3. The van der Waals surface area contributed by atoms with Gasteiger partial charge in [0.25, 0.3) is 0 Å². The molecule has 178 valence electrons. The maximum absolute atomic E-state index is 6.31. The van der Waals surface area contributed by atoms with E-state index in [1.54, 1.807) is 6.26 Å². The second-order valence-corrected chi connectivity index (χ2v) is 8.09. The summed E-state index contributed by atoms with van der Waals surface area (Å²) in [6, 6.07) is 10.0. The van der Waals surface area contributed by atoms with Crippen LogP contribution in [0.2, 0.25) is 0 Å². The van der Waals surface area contributed by atoms with E-state index in [4.69, 9.17) is 14.1 Å². The lowest BCUT2D eigenvalue weighted by Gasteiger charge is -2.17. The fraction of sp³-hybridized carbons (Fsp3) is 0.458. The highest BCUT2D eigenvalue weighted by molar-refractivity contribution is 14.0. The van der Waals surface area contributed by atoms with Crippen LogP contribution in [0.1, 0.15) is 49.6 Å². The SMILES string of the molecule is CCNC(=NCc1ccc(C)cc1OC1CCCC1)NCCc1nc(-c2ccco2)n[nH]1.I. The first-order chi connectivity index (χ1) is 15.7. The zero-order valence-corrected chi connectivity index (χ0v) is 21.6. The highest BCUT2D eigenvalue weighted by Gasteiger charge is 2.18. The Bertz CT molecular complexity index is 1010. The number of rotatable bonds is 9. The number of guanidine groups is 1. The van der Waals surface area contributed by atoms with Gasteiger partial charge in [-0.25, -0.2) is 9.98 Å². The van der Waals surface area contributed by atoms with Crippen LogP contribution in [0.25, 0.3) is 11.6 Å². The van der Waals surface area contributed by atoms with Crippen molar-refractivity contribution in [1.29, 1.82) is 0 Å². The van der Waals surface area contributed by atoms with Crippen LogP contribution in [0.5, 0.6) is 5.75 Å². The molecule has 1 aliphatic carbocycles. The molecule has 0 saturated heterocycles. The van der Waals surface area contributed by atoms with Crippen molar-refractivity contribution in [3.63, 3.8) is 0 Å². The maximum atomic E-state index is 6.31. The number of hydrogen-bond acceptors (Lipinski definition) is 5. The number of H-pyrrole nitrogens is 1. The Hall–Kier alpha value is -2.56. The van der Waals surface area contributed by atoms with E-state index < -0.39 is 0 Å². The lowest BCUT2D eigenvalue weighted by atomic mass is 10.1. The Morgan fingerprint density at radius 2 is 2.09 bits per heavy atom. The van der Waals surface area contributed by atoms with Crippen molar-refractivity contribution in [1.82, 2.24) is 25.8 Å². The summed E-state index contributed by atoms with van der Waals surface area (Å²) in [4.78, 5) is 9.26. The molecule has 33 heavy (non-hydrogen) atoms. The summed E-state index contributed by atoms with van der Waals surface area (Å²) in [5.74, 6) is 3.75. The van der Waals surface area contributed by atoms with Gasteiger partial charge >= 0.3 is 0 Å². The number of nitrogens with one attached hydrogen (secondary N) is 3. The van der Waals surface area contributed by atoms with Crippen LogP contribution >= 0.6 is 24.0 Å². The molecule has 3 aromatic rings. The Balaban J connectivity index is 0.00000306. The third kappa shape index (κ3) is 7.21. The summed E-state index contributed by atoms with van der Waals surface area (Å²) in [5, 5.41) is 13.9. The topological polar surface area (TPSA) is 100 Å². The highest BCUT2D eigenvalue weighted by atomic mass is 127. The third-order valence-electron chi connectivity index (χ3n) is 5.50. The second-order valence-electron chi connectivity index (χ2n) is 8.09. The van der Waals surface area contributed by atoms with Crippen molar-refractivity contribution >= 4 is 29.9 Å². The monoisotopic (exact) mass is 564 g/mol. The Kier molecular flexibility index (Phi) is 9.59. The molecule has 8 nitrogen and oxygen atoms in total. The van der Waals surface area contributed by atoms with E-state index in [1.165, 1.54) is 18.4 Å². The zero-order chi connectivity index (χ0) is 22.2. The van der Waals surface area contributed by atoms with Gasteiger partial charge in [-0.1, -0.05) is 12.1 Å². The number of aryl methyl sites for hydroxylation is 1. The largest absolute Gasteiger partial charge is 0.490 e. The summed E-state index contributed by atoms with van der Waals surface area (Å²) in [7, 11) is 0. The van der Waals surface area contributed by atoms with Crippen molar-refractivity contribution in [2.75, 3.05) is 13.1 Å². The Morgan fingerprint density at radius 3 is 2.85 bits per heavy atom. The molecule has 0 spiro atoms. The van der Waals surface area contributed by atoms with E-state index in [-0.39, 0.29) is 24.0 Å². The molecule has 4 rings (SSSR count). The van der Waals surface area contributed by atoms with Crippen LogP contribution in [0.15, 0.2) is 46.0 Å². The quantitative estimate of drug-likeness (QED) is 0.200. The lowest BCUT2D eigenvalue weighted by Crippen LogP contribution is -2.38. The van der Waals surface area contributed by atoms with E-state index >= 15 is 0 Å². The first-order valence-electron chi connectivity index (χ1n) is 11.4. The molecule has 9 heteroatoms. The van der Waals surface area contributed by atoms with Gasteiger partial charge in [-0.3, -0.25) is 5.10 Å².